The number of methoxy groups -OCH3 is 3. The molecule has 3 aromatic carbocycles. The monoisotopic (exact) mass is 508 g/mol. The first-order valence-corrected chi connectivity index (χ1v) is 11.4. The summed E-state index contributed by atoms with van der Waals surface area (Å²) < 4.78 is 17.7. The Kier molecular flexibility index (Phi) is 7.60. The molecule has 0 radical (unpaired) electrons. The van der Waals surface area contributed by atoms with Gasteiger partial charge < -0.3 is 24.8 Å². The number of amides is 2. The summed E-state index contributed by atoms with van der Waals surface area (Å²) in [5, 5.41) is 5.86. The third kappa shape index (κ3) is 5.21. The maximum atomic E-state index is 12.6. The number of fused-ring (bicyclic) bond motifs is 1. The number of hydrogen-bond acceptors (Lipinski definition) is 6. The Labute approximate surface area is 212 Å². The molecule has 0 fully saturated rings. The van der Waals surface area contributed by atoms with Gasteiger partial charge >= 0.3 is 0 Å². The van der Waals surface area contributed by atoms with Crippen LogP contribution in [-0.2, 0) is 11.3 Å². The molecule has 0 aliphatic heterocycles. The summed E-state index contributed by atoms with van der Waals surface area (Å²) in [6.45, 7) is -0.00506. The van der Waals surface area contributed by atoms with E-state index in [0.29, 0.717) is 22.3 Å². The Morgan fingerprint density at radius 2 is 1.67 bits per heavy atom. The van der Waals surface area contributed by atoms with Gasteiger partial charge in [-0.15, -0.1) is 0 Å². The van der Waals surface area contributed by atoms with E-state index in [2.05, 4.69) is 15.6 Å². The lowest BCUT2D eigenvalue weighted by Crippen LogP contribution is -2.36. The SMILES string of the molecule is COc1cc(C(=O)NCC(=O)NCc2ccc(-n3cnc4ccccc43)cc2Cl)cc(OC)c1OC. The molecular formula is C26H25ClN4O5. The van der Waals surface area contributed by atoms with Crippen LogP contribution in [0.2, 0.25) is 5.02 Å². The number of nitrogens with zero attached hydrogens (tertiary/aromatic N) is 2. The topological polar surface area (TPSA) is 104 Å². The molecule has 1 aromatic heterocycles. The van der Waals surface area contributed by atoms with Gasteiger partial charge in [-0.3, -0.25) is 14.2 Å². The van der Waals surface area contributed by atoms with Crippen LogP contribution < -0.4 is 24.8 Å². The summed E-state index contributed by atoms with van der Waals surface area (Å²) in [5.41, 5.74) is 3.73. The first-order chi connectivity index (χ1) is 17.4. The lowest BCUT2D eigenvalue weighted by atomic mass is 10.1. The number of para-hydroxylation sites is 2. The van der Waals surface area contributed by atoms with Crippen LogP contribution in [0, 0.1) is 0 Å². The molecule has 9 nitrogen and oxygen atoms in total. The Morgan fingerprint density at radius 3 is 2.33 bits per heavy atom. The van der Waals surface area contributed by atoms with Crippen LogP contribution in [0.25, 0.3) is 16.7 Å². The van der Waals surface area contributed by atoms with Gasteiger partial charge in [0.05, 0.1) is 38.9 Å². The molecule has 0 atom stereocenters. The number of aromatic nitrogens is 2. The number of hydrogen-bond donors (Lipinski definition) is 2. The average molecular weight is 509 g/mol. The molecule has 36 heavy (non-hydrogen) atoms. The number of halogens is 1. The summed E-state index contributed by atoms with van der Waals surface area (Å²) in [7, 11) is 4.40. The number of imidazole rings is 1. The zero-order chi connectivity index (χ0) is 25.7. The quantitative estimate of drug-likeness (QED) is 0.357. The fraction of sp³-hybridized carbons (Fsp3) is 0.192. The van der Waals surface area contributed by atoms with Gasteiger partial charge in [0.25, 0.3) is 5.91 Å². The normalized spacial score (nSPS) is 10.7. The Bertz CT molecular complexity index is 1390. The fourth-order valence-electron chi connectivity index (χ4n) is 3.73. The zero-order valence-electron chi connectivity index (χ0n) is 20.0. The average Bonchev–Trinajstić information content (AvgIpc) is 3.34. The molecule has 4 aromatic rings. The van der Waals surface area contributed by atoms with Gasteiger partial charge in [0.1, 0.15) is 6.33 Å². The van der Waals surface area contributed by atoms with E-state index < -0.39 is 5.91 Å². The van der Waals surface area contributed by atoms with Crippen LogP contribution in [0.15, 0.2) is 60.9 Å². The summed E-state index contributed by atoms with van der Waals surface area (Å²) in [6, 6.07) is 16.4. The van der Waals surface area contributed by atoms with Crippen molar-refractivity contribution in [2.24, 2.45) is 0 Å². The van der Waals surface area contributed by atoms with Crippen molar-refractivity contribution in [2.75, 3.05) is 27.9 Å². The molecular weight excluding hydrogens is 484 g/mol. The first kappa shape index (κ1) is 24.9. The number of rotatable bonds is 9. The van der Waals surface area contributed by atoms with E-state index in [1.54, 1.807) is 6.33 Å². The van der Waals surface area contributed by atoms with Crippen LogP contribution in [-0.4, -0.2) is 49.2 Å². The zero-order valence-corrected chi connectivity index (χ0v) is 20.8. The van der Waals surface area contributed by atoms with Gasteiger partial charge in [-0.25, -0.2) is 4.98 Å². The molecule has 186 valence electrons. The first-order valence-electron chi connectivity index (χ1n) is 11.0. The van der Waals surface area contributed by atoms with Crippen LogP contribution in [0.5, 0.6) is 17.2 Å². The van der Waals surface area contributed by atoms with Crippen molar-refractivity contribution in [1.29, 1.82) is 0 Å². The van der Waals surface area contributed by atoms with Crippen molar-refractivity contribution >= 4 is 34.4 Å². The van der Waals surface area contributed by atoms with Gasteiger partial charge in [0.2, 0.25) is 11.7 Å². The smallest absolute Gasteiger partial charge is 0.251 e. The molecule has 4 rings (SSSR count). The van der Waals surface area contributed by atoms with Crippen LogP contribution in [0.3, 0.4) is 0 Å². The highest BCUT2D eigenvalue weighted by molar-refractivity contribution is 6.31. The van der Waals surface area contributed by atoms with Crippen molar-refractivity contribution in [3.05, 3.63) is 77.1 Å². The van der Waals surface area contributed by atoms with Gasteiger partial charge in [0, 0.05) is 22.8 Å². The molecule has 0 unspecified atom stereocenters. The van der Waals surface area contributed by atoms with E-state index in [0.717, 1.165) is 22.3 Å². The Morgan fingerprint density at radius 1 is 0.944 bits per heavy atom. The molecule has 1 heterocycles. The summed E-state index contributed by atoms with van der Waals surface area (Å²) in [6.07, 6.45) is 1.74. The maximum absolute atomic E-state index is 12.6. The van der Waals surface area contributed by atoms with E-state index >= 15 is 0 Å². The molecule has 0 saturated carbocycles. The summed E-state index contributed by atoms with van der Waals surface area (Å²) >= 11 is 6.48. The minimum absolute atomic E-state index is 0.211. The van der Waals surface area contributed by atoms with E-state index in [9.17, 15) is 9.59 Å². The van der Waals surface area contributed by atoms with E-state index in [-0.39, 0.29) is 24.6 Å². The number of ether oxygens (including phenoxy) is 3. The lowest BCUT2D eigenvalue weighted by molar-refractivity contribution is -0.120. The van der Waals surface area contributed by atoms with Gasteiger partial charge in [0.15, 0.2) is 11.5 Å². The van der Waals surface area contributed by atoms with Crippen molar-refractivity contribution in [2.45, 2.75) is 6.54 Å². The number of carbonyl (C=O) groups excluding carboxylic acids is 2. The maximum Gasteiger partial charge on any atom is 0.251 e. The highest BCUT2D eigenvalue weighted by atomic mass is 35.5. The predicted molar refractivity (Wildman–Crippen MR) is 136 cm³/mol. The predicted octanol–water partition coefficient (Wildman–Crippen LogP) is 3.75. The van der Waals surface area contributed by atoms with Gasteiger partial charge in [-0.2, -0.15) is 0 Å². The molecule has 0 saturated heterocycles. The van der Waals surface area contributed by atoms with Crippen molar-refractivity contribution in [1.82, 2.24) is 20.2 Å². The highest BCUT2D eigenvalue weighted by Gasteiger charge is 2.17. The fourth-order valence-corrected chi connectivity index (χ4v) is 3.97. The summed E-state index contributed by atoms with van der Waals surface area (Å²) in [4.78, 5) is 29.3. The van der Waals surface area contributed by atoms with E-state index in [1.807, 2.05) is 47.0 Å². The van der Waals surface area contributed by atoms with E-state index in [1.165, 1.54) is 33.5 Å². The van der Waals surface area contributed by atoms with Crippen LogP contribution in [0.4, 0.5) is 0 Å². The summed E-state index contributed by atoms with van der Waals surface area (Å²) in [5.74, 6) is 0.232. The van der Waals surface area contributed by atoms with Crippen molar-refractivity contribution < 1.29 is 23.8 Å². The largest absolute Gasteiger partial charge is 0.493 e. The Hall–Kier alpha value is -4.24. The second-order valence-corrected chi connectivity index (χ2v) is 8.16. The van der Waals surface area contributed by atoms with Gasteiger partial charge in [-0.1, -0.05) is 29.8 Å². The second kappa shape index (κ2) is 11.0. The Balaban J connectivity index is 1.36. The molecule has 0 aliphatic rings. The second-order valence-electron chi connectivity index (χ2n) is 7.75. The minimum Gasteiger partial charge on any atom is -0.493 e. The highest BCUT2D eigenvalue weighted by Crippen LogP contribution is 2.38. The molecule has 0 spiro atoms. The van der Waals surface area contributed by atoms with Crippen molar-refractivity contribution in [3.8, 4) is 22.9 Å². The molecule has 0 bridgehead atoms. The van der Waals surface area contributed by atoms with E-state index in [4.69, 9.17) is 25.8 Å². The molecule has 0 aliphatic carbocycles. The number of benzene rings is 3. The molecule has 2 amide bonds. The molecule has 10 heteroatoms. The third-order valence-corrected chi connectivity index (χ3v) is 5.93. The molecule has 2 N–H and O–H groups in total. The minimum atomic E-state index is -0.459. The van der Waals surface area contributed by atoms with Crippen LogP contribution in [0.1, 0.15) is 15.9 Å². The third-order valence-electron chi connectivity index (χ3n) is 5.58. The number of nitrogens with one attached hydrogen (secondary N) is 2. The van der Waals surface area contributed by atoms with Crippen molar-refractivity contribution in [3.63, 3.8) is 0 Å². The standard InChI is InChI=1S/C26H25ClN4O5/c1-34-22-10-17(11-23(35-2)25(22)36-3)26(33)29-14-24(32)28-13-16-8-9-18(12-19(16)27)31-15-30-20-6-4-5-7-21(20)31/h4-12,15H,13-14H2,1-3H3,(H,28,32)(H,29,33). The van der Waals surface area contributed by atoms with Crippen LogP contribution >= 0.6 is 11.6 Å². The lowest BCUT2D eigenvalue weighted by Gasteiger charge is -2.14. The van der Waals surface area contributed by atoms with Gasteiger partial charge in [-0.05, 0) is 42.0 Å². The number of carbonyl (C=O) groups is 2.